The van der Waals surface area contributed by atoms with Gasteiger partial charge < -0.3 is 4.74 Å². The van der Waals surface area contributed by atoms with Gasteiger partial charge in [-0.15, -0.1) is 0 Å². The Labute approximate surface area is 177 Å². The number of aromatic nitrogens is 3. The number of pyridine rings is 1. The summed E-state index contributed by atoms with van der Waals surface area (Å²) < 4.78 is 6.75. The molecule has 0 N–H and O–H groups in total. The number of thioether (sulfide) groups is 1. The molecule has 0 unspecified atom stereocenters. The van der Waals surface area contributed by atoms with Crippen LogP contribution < -0.4 is 10.3 Å². The van der Waals surface area contributed by atoms with Crippen LogP contribution in [-0.4, -0.2) is 33.2 Å². The lowest BCUT2D eigenvalue weighted by atomic mass is 10.1. The Kier molecular flexibility index (Phi) is 5.63. The lowest BCUT2D eigenvalue weighted by molar-refractivity contribution is 0.101. The smallest absolute Gasteiger partial charge is 0.267 e. The molecular weight excluding hydrogens is 398 g/mol. The van der Waals surface area contributed by atoms with E-state index in [9.17, 15) is 9.59 Å². The molecule has 2 heterocycles. The molecule has 30 heavy (non-hydrogen) atoms. The summed E-state index contributed by atoms with van der Waals surface area (Å²) in [4.78, 5) is 35.1. The van der Waals surface area contributed by atoms with Gasteiger partial charge in [0.2, 0.25) is 0 Å². The monoisotopic (exact) mass is 417 g/mol. The molecule has 7 heteroatoms. The number of rotatable bonds is 6. The highest BCUT2D eigenvalue weighted by molar-refractivity contribution is 7.99. The van der Waals surface area contributed by atoms with Crippen molar-refractivity contribution in [1.29, 1.82) is 0 Å². The summed E-state index contributed by atoms with van der Waals surface area (Å²) in [6.07, 6.45) is 1.70. The Morgan fingerprint density at radius 3 is 2.60 bits per heavy atom. The fraction of sp³-hybridized carbons (Fsp3) is 0.130. The molecule has 0 bridgehead atoms. The third-order valence-corrected chi connectivity index (χ3v) is 5.55. The van der Waals surface area contributed by atoms with E-state index < -0.39 is 0 Å². The first-order valence-corrected chi connectivity index (χ1v) is 10.3. The third-order valence-electron chi connectivity index (χ3n) is 4.61. The summed E-state index contributed by atoms with van der Waals surface area (Å²) in [5.74, 6) is 0.989. The normalized spacial score (nSPS) is 10.9. The maximum Gasteiger partial charge on any atom is 0.267 e. The van der Waals surface area contributed by atoms with Gasteiger partial charge in [0.15, 0.2) is 10.9 Å². The first-order valence-electron chi connectivity index (χ1n) is 9.32. The zero-order valence-electron chi connectivity index (χ0n) is 16.5. The number of ether oxygens (including phenoxy) is 1. The number of nitrogens with zero attached hydrogens (tertiary/aromatic N) is 3. The zero-order chi connectivity index (χ0) is 21.1. The molecule has 0 saturated carbocycles. The number of ketones is 1. The number of Topliss-reactive ketones (excluding diaryl/α,β-unsaturated/α-hetero) is 1. The minimum atomic E-state index is -0.218. The van der Waals surface area contributed by atoms with E-state index in [-0.39, 0.29) is 17.1 Å². The van der Waals surface area contributed by atoms with Crippen molar-refractivity contribution in [2.75, 3.05) is 12.9 Å². The Bertz CT molecular complexity index is 1280. The number of aryl methyl sites for hydroxylation is 1. The van der Waals surface area contributed by atoms with Crippen LogP contribution >= 0.6 is 11.8 Å². The van der Waals surface area contributed by atoms with Gasteiger partial charge >= 0.3 is 0 Å². The number of fused-ring (bicyclic) bond motifs is 1. The average Bonchev–Trinajstić information content (AvgIpc) is 2.78. The van der Waals surface area contributed by atoms with E-state index in [0.717, 1.165) is 5.56 Å². The number of benzene rings is 2. The highest BCUT2D eigenvalue weighted by Crippen LogP contribution is 2.24. The number of methoxy groups -OCH3 is 1. The second-order valence-corrected chi connectivity index (χ2v) is 7.60. The predicted octanol–water partition coefficient (Wildman–Crippen LogP) is 4.07. The maximum atomic E-state index is 13.2. The standard InChI is InChI=1S/C23H19N3O3S/c1-15-11-12-21(24-13-15)26-22(28)16-7-3-5-9-18(16)25-23(26)30-14-19(27)17-8-4-6-10-20(17)29-2/h3-13H,14H2,1-2H3. The highest BCUT2D eigenvalue weighted by Gasteiger charge is 2.17. The van der Waals surface area contributed by atoms with Gasteiger partial charge in [-0.2, -0.15) is 0 Å². The van der Waals surface area contributed by atoms with Crippen LogP contribution in [-0.2, 0) is 0 Å². The first-order chi connectivity index (χ1) is 14.6. The molecular formula is C23H19N3O3S. The third kappa shape index (κ3) is 3.84. The van der Waals surface area contributed by atoms with Crippen molar-refractivity contribution < 1.29 is 9.53 Å². The van der Waals surface area contributed by atoms with Crippen molar-refractivity contribution >= 4 is 28.4 Å². The van der Waals surface area contributed by atoms with Crippen LogP contribution in [0.5, 0.6) is 5.75 Å². The number of hydrogen-bond acceptors (Lipinski definition) is 6. The fourth-order valence-corrected chi connectivity index (χ4v) is 3.97. The van der Waals surface area contributed by atoms with Crippen LogP contribution in [0.2, 0.25) is 0 Å². The Morgan fingerprint density at radius 2 is 1.83 bits per heavy atom. The van der Waals surface area contributed by atoms with Gasteiger partial charge in [-0.05, 0) is 42.8 Å². The van der Waals surface area contributed by atoms with Gasteiger partial charge in [0.05, 0.1) is 29.3 Å². The molecule has 2 aromatic heterocycles. The molecule has 4 rings (SSSR count). The topological polar surface area (TPSA) is 74.1 Å². The van der Waals surface area contributed by atoms with E-state index >= 15 is 0 Å². The van der Waals surface area contributed by atoms with Crippen LogP contribution in [0.25, 0.3) is 16.7 Å². The van der Waals surface area contributed by atoms with Gasteiger partial charge in [0.1, 0.15) is 11.6 Å². The number of hydrogen-bond donors (Lipinski definition) is 0. The summed E-state index contributed by atoms with van der Waals surface area (Å²) in [7, 11) is 1.53. The second kappa shape index (κ2) is 8.51. The largest absolute Gasteiger partial charge is 0.496 e. The fourth-order valence-electron chi connectivity index (χ4n) is 3.09. The minimum absolute atomic E-state index is 0.108. The van der Waals surface area contributed by atoms with Crippen LogP contribution in [0.3, 0.4) is 0 Å². The molecule has 0 saturated heterocycles. The van der Waals surface area contributed by atoms with Gasteiger partial charge in [-0.3, -0.25) is 9.59 Å². The lowest BCUT2D eigenvalue weighted by Gasteiger charge is -2.13. The molecule has 0 radical (unpaired) electrons. The SMILES string of the molecule is COc1ccccc1C(=O)CSc1nc2ccccc2c(=O)n1-c1ccc(C)cn1. The number of carbonyl (C=O) groups excluding carboxylic acids is 1. The molecule has 0 atom stereocenters. The van der Waals surface area contributed by atoms with E-state index in [0.29, 0.717) is 33.2 Å². The molecule has 0 aliphatic rings. The predicted molar refractivity (Wildman–Crippen MR) is 118 cm³/mol. The van der Waals surface area contributed by atoms with Crippen molar-refractivity contribution in [3.05, 3.63) is 88.3 Å². The second-order valence-electron chi connectivity index (χ2n) is 6.66. The van der Waals surface area contributed by atoms with Crippen LogP contribution in [0.15, 0.2) is 76.8 Å². The van der Waals surface area contributed by atoms with E-state index in [1.54, 1.807) is 48.7 Å². The van der Waals surface area contributed by atoms with Gasteiger partial charge in [0, 0.05) is 6.20 Å². The van der Waals surface area contributed by atoms with E-state index in [4.69, 9.17) is 4.74 Å². The molecule has 6 nitrogen and oxygen atoms in total. The van der Waals surface area contributed by atoms with Gasteiger partial charge in [-0.1, -0.05) is 42.1 Å². The summed E-state index contributed by atoms with van der Waals surface area (Å²) in [5, 5.41) is 0.915. The molecule has 0 spiro atoms. The van der Waals surface area contributed by atoms with Crippen molar-refractivity contribution in [3.63, 3.8) is 0 Å². The summed E-state index contributed by atoms with van der Waals surface area (Å²) in [5.41, 5.74) is 1.85. The molecule has 150 valence electrons. The number of para-hydroxylation sites is 2. The van der Waals surface area contributed by atoms with Crippen molar-refractivity contribution in [3.8, 4) is 11.6 Å². The quantitative estimate of drug-likeness (QED) is 0.267. The Morgan fingerprint density at radius 1 is 1.07 bits per heavy atom. The minimum Gasteiger partial charge on any atom is -0.496 e. The van der Waals surface area contributed by atoms with Gasteiger partial charge in [0.25, 0.3) is 5.56 Å². The molecule has 0 aliphatic heterocycles. The first kappa shape index (κ1) is 19.8. The van der Waals surface area contributed by atoms with Crippen LogP contribution in [0.1, 0.15) is 15.9 Å². The van der Waals surface area contributed by atoms with E-state index in [2.05, 4.69) is 9.97 Å². The molecule has 2 aromatic carbocycles. The Hall–Kier alpha value is -3.45. The van der Waals surface area contributed by atoms with E-state index in [1.165, 1.54) is 23.4 Å². The van der Waals surface area contributed by atoms with Gasteiger partial charge in [-0.25, -0.2) is 14.5 Å². The van der Waals surface area contributed by atoms with Crippen molar-refractivity contribution in [2.45, 2.75) is 12.1 Å². The molecule has 0 amide bonds. The van der Waals surface area contributed by atoms with Crippen molar-refractivity contribution in [2.24, 2.45) is 0 Å². The number of carbonyl (C=O) groups is 1. The van der Waals surface area contributed by atoms with Crippen molar-refractivity contribution in [1.82, 2.24) is 14.5 Å². The molecule has 0 aliphatic carbocycles. The average molecular weight is 417 g/mol. The molecule has 4 aromatic rings. The zero-order valence-corrected chi connectivity index (χ0v) is 17.3. The molecule has 0 fully saturated rings. The highest BCUT2D eigenvalue weighted by atomic mass is 32.2. The lowest BCUT2D eigenvalue weighted by Crippen LogP contribution is -2.23. The van der Waals surface area contributed by atoms with E-state index in [1.807, 2.05) is 25.1 Å². The van der Waals surface area contributed by atoms with Crippen LogP contribution in [0, 0.1) is 6.92 Å². The van der Waals surface area contributed by atoms with Crippen LogP contribution in [0.4, 0.5) is 0 Å². The maximum absolute atomic E-state index is 13.2. The Balaban J connectivity index is 1.76. The summed E-state index contributed by atoms with van der Waals surface area (Å²) in [6.45, 7) is 1.93. The summed E-state index contributed by atoms with van der Waals surface area (Å²) >= 11 is 1.20. The summed E-state index contributed by atoms with van der Waals surface area (Å²) in [6, 6.07) is 17.9.